The molecule has 11 heavy (non-hydrogen) atoms. The summed E-state index contributed by atoms with van der Waals surface area (Å²) in [5, 5.41) is 7.76. The number of aromatic nitrogens is 2. The number of methoxy groups -OCH3 is 1. The van der Waals surface area contributed by atoms with E-state index in [9.17, 15) is 0 Å². The summed E-state index contributed by atoms with van der Waals surface area (Å²) >= 11 is 5.68. The lowest BCUT2D eigenvalue weighted by atomic mass is 10.6. The first-order valence-corrected chi connectivity index (χ1v) is 3.34. The van der Waals surface area contributed by atoms with E-state index in [0.29, 0.717) is 11.0 Å². The second-order valence-corrected chi connectivity index (χ2v) is 2.38. The van der Waals surface area contributed by atoms with E-state index in [2.05, 4.69) is 9.72 Å². The fraction of sp³-hybridized carbons (Fsp3) is 0.333. The van der Waals surface area contributed by atoms with Crippen LogP contribution in [0.4, 0.5) is 0 Å². The number of rotatable bonds is 1. The fourth-order valence-electron chi connectivity index (χ4n) is 0.691. The van der Waals surface area contributed by atoms with Crippen LogP contribution >= 0.6 is 11.6 Å². The summed E-state index contributed by atoms with van der Waals surface area (Å²) in [6.07, 6.45) is 1.48. The minimum Gasteiger partial charge on any atom is -0.479 e. The number of imidazole rings is 1. The maximum absolute atomic E-state index is 7.27. The number of nitrogens with zero attached hydrogens (tertiary/aromatic N) is 2. The molecule has 0 aliphatic rings. The second-order valence-electron chi connectivity index (χ2n) is 2.00. The van der Waals surface area contributed by atoms with Crippen molar-refractivity contribution in [2.75, 3.05) is 7.11 Å². The highest BCUT2D eigenvalue weighted by atomic mass is 35.5. The van der Waals surface area contributed by atoms with Gasteiger partial charge in [-0.3, -0.25) is 5.41 Å². The largest absolute Gasteiger partial charge is 0.479 e. The van der Waals surface area contributed by atoms with Crippen molar-refractivity contribution in [3.05, 3.63) is 17.2 Å². The molecule has 0 aromatic carbocycles. The molecule has 0 radical (unpaired) electrons. The maximum Gasteiger partial charge on any atom is 0.250 e. The minimum atomic E-state index is 0.0133. The average Bonchev–Trinajstić information content (AvgIpc) is 2.32. The lowest BCUT2D eigenvalue weighted by Crippen LogP contribution is -2.08. The summed E-state index contributed by atoms with van der Waals surface area (Å²) in [6.45, 7) is 0. The smallest absolute Gasteiger partial charge is 0.250 e. The summed E-state index contributed by atoms with van der Waals surface area (Å²) in [6, 6.07) is 0. The van der Waals surface area contributed by atoms with Crippen LogP contribution in [0, 0.1) is 5.41 Å². The lowest BCUT2D eigenvalue weighted by Gasteiger charge is -2.01. The minimum absolute atomic E-state index is 0.0133. The van der Waals surface area contributed by atoms with Gasteiger partial charge < -0.3 is 9.30 Å². The number of ether oxygens (including phenoxy) is 1. The summed E-state index contributed by atoms with van der Waals surface area (Å²) in [7, 11) is 3.14. The first kappa shape index (κ1) is 8.07. The molecule has 0 bridgehead atoms. The molecule has 5 heteroatoms. The van der Waals surface area contributed by atoms with Crippen LogP contribution in [-0.4, -0.2) is 22.6 Å². The molecule has 1 rings (SSSR count). The number of halogens is 1. The zero-order chi connectivity index (χ0) is 8.43. The Hall–Kier alpha value is -1.03. The van der Waals surface area contributed by atoms with E-state index in [1.54, 1.807) is 11.6 Å². The van der Waals surface area contributed by atoms with Gasteiger partial charge in [0.1, 0.15) is 5.15 Å². The van der Waals surface area contributed by atoms with E-state index < -0.39 is 0 Å². The Balaban J connectivity index is 3.04. The molecule has 1 aromatic rings. The molecule has 0 aliphatic carbocycles. The third-order valence-corrected chi connectivity index (χ3v) is 1.69. The van der Waals surface area contributed by atoms with Crippen LogP contribution in [0.25, 0.3) is 0 Å². The molecular formula is C6H8ClN3O. The molecule has 0 atom stereocenters. The van der Waals surface area contributed by atoms with Gasteiger partial charge in [0.15, 0.2) is 5.82 Å². The van der Waals surface area contributed by atoms with Crippen LogP contribution in [0.15, 0.2) is 6.20 Å². The Morgan fingerprint density at radius 2 is 2.45 bits per heavy atom. The Morgan fingerprint density at radius 3 is 2.82 bits per heavy atom. The van der Waals surface area contributed by atoms with Gasteiger partial charge >= 0.3 is 0 Å². The molecule has 1 heterocycles. The molecule has 0 amide bonds. The predicted octanol–water partition coefficient (Wildman–Crippen LogP) is 1.05. The van der Waals surface area contributed by atoms with Gasteiger partial charge in [0.05, 0.1) is 13.3 Å². The quantitative estimate of drug-likeness (QED) is 0.510. The SMILES string of the molecule is COC(=N)c1ncc(Cl)n1C. The molecule has 0 saturated carbocycles. The highest BCUT2D eigenvalue weighted by Gasteiger charge is 2.09. The molecule has 60 valence electrons. The monoisotopic (exact) mass is 173 g/mol. The average molecular weight is 174 g/mol. The zero-order valence-electron chi connectivity index (χ0n) is 6.26. The van der Waals surface area contributed by atoms with E-state index in [4.69, 9.17) is 17.0 Å². The van der Waals surface area contributed by atoms with Gasteiger partial charge in [0.25, 0.3) is 0 Å². The van der Waals surface area contributed by atoms with Crippen molar-refractivity contribution in [2.45, 2.75) is 0 Å². The third kappa shape index (κ3) is 1.35. The van der Waals surface area contributed by atoms with Crippen LogP contribution < -0.4 is 0 Å². The summed E-state index contributed by atoms with van der Waals surface area (Å²) < 4.78 is 6.25. The van der Waals surface area contributed by atoms with E-state index >= 15 is 0 Å². The summed E-state index contributed by atoms with van der Waals surface area (Å²) in [4.78, 5) is 3.87. The first-order chi connectivity index (χ1) is 5.16. The highest BCUT2D eigenvalue weighted by Crippen LogP contribution is 2.09. The van der Waals surface area contributed by atoms with Gasteiger partial charge in [0.2, 0.25) is 5.90 Å². The van der Waals surface area contributed by atoms with Gasteiger partial charge in [0, 0.05) is 7.05 Å². The van der Waals surface area contributed by atoms with Crippen molar-refractivity contribution in [2.24, 2.45) is 7.05 Å². The second kappa shape index (κ2) is 2.92. The van der Waals surface area contributed by atoms with Gasteiger partial charge in [-0.25, -0.2) is 4.98 Å². The third-order valence-electron chi connectivity index (χ3n) is 1.34. The Kier molecular flexibility index (Phi) is 2.14. The molecule has 0 aliphatic heterocycles. The van der Waals surface area contributed by atoms with E-state index in [-0.39, 0.29) is 5.90 Å². The van der Waals surface area contributed by atoms with Crippen molar-refractivity contribution < 1.29 is 4.74 Å². The van der Waals surface area contributed by atoms with Crippen molar-refractivity contribution in [1.29, 1.82) is 5.41 Å². The Bertz CT molecular complexity index is 281. The fourth-order valence-corrected chi connectivity index (χ4v) is 0.820. The van der Waals surface area contributed by atoms with Crippen LogP contribution in [-0.2, 0) is 11.8 Å². The molecule has 0 unspecified atom stereocenters. The molecule has 4 nitrogen and oxygen atoms in total. The van der Waals surface area contributed by atoms with Crippen LogP contribution in [0.5, 0.6) is 0 Å². The number of hydrogen-bond acceptors (Lipinski definition) is 3. The van der Waals surface area contributed by atoms with Crippen LogP contribution in [0.3, 0.4) is 0 Å². The molecule has 0 saturated heterocycles. The predicted molar refractivity (Wildman–Crippen MR) is 42.1 cm³/mol. The molecular weight excluding hydrogens is 166 g/mol. The first-order valence-electron chi connectivity index (χ1n) is 2.97. The number of hydrogen-bond donors (Lipinski definition) is 1. The van der Waals surface area contributed by atoms with Crippen molar-refractivity contribution >= 4 is 17.5 Å². The molecule has 0 fully saturated rings. The molecule has 1 aromatic heterocycles. The molecule has 0 spiro atoms. The normalized spacial score (nSPS) is 9.73. The van der Waals surface area contributed by atoms with Gasteiger partial charge in [-0.1, -0.05) is 11.6 Å². The Morgan fingerprint density at radius 1 is 1.82 bits per heavy atom. The van der Waals surface area contributed by atoms with Crippen molar-refractivity contribution in [3.8, 4) is 0 Å². The summed E-state index contributed by atoms with van der Waals surface area (Å²) in [5.41, 5.74) is 0. The lowest BCUT2D eigenvalue weighted by molar-refractivity contribution is 0.396. The number of nitrogens with one attached hydrogen (secondary N) is 1. The van der Waals surface area contributed by atoms with Gasteiger partial charge in [-0.2, -0.15) is 0 Å². The zero-order valence-corrected chi connectivity index (χ0v) is 7.01. The van der Waals surface area contributed by atoms with Crippen LogP contribution in [0.1, 0.15) is 5.82 Å². The highest BCUT2D eigenvalue weighted by molar-refractivity contribution is 6.29. The van der Waals surface area contributed by atoms with Gasteiger partial charge in [-0.15, -0.1) is 0 Å². The molecule has 1 N–H and O–H groups in total. The van der Waals surface area contributed by atoms with Crippen molar-refractivity contribution in [1.82, 2.24) is 9.55 Å². The Labute approximate surface area is 69.3 Å². The van der Waals surface area contributed by atoms with E-state index in [1.807, 2.05) is 0 Å². The van der Waals surface area contributed by atoms with E-state index in [1.165, 1.54) is 13.3 Å². The van der Waals surface area contributed by atoms with Gasteiger partial charge in [-0.05, 0) is 0 Å². The standard InChI is InChI=1S/C6H8ClN3O/c1-10-4(7)3-9-6(10)5(8)11-2/h3,8H,1-2H3. The van der Waals surface area contributed by atoms with Crippen molar-refractivity contribution in [3.63, 3.8) is 0 Å². The topological polar surface area (TPSA) is 50.9 Å². The van der Waals surface area contributed by atoms with E-state index in [0.717, 1.165) is 0 Å². The maximum atomic E-state index is 7.27. The summed E-state index contributed by atoms with van der Waals surface area (Å²) in [5.74, 6) is 0.442. The van der Waals surface area contributed by atoms with Crippen LogP contribution in [0.2, 0.25) is 5.15 Å².